The van der Waals surface area contributed by atoms with Gasteiger partial charge in [0.25, 0.3) is 11.5 Å². The van der Waals surface area contributed by atoms with Gasteiger partial charge in [-0.3, -0.25) is 19.4 Å². The summed E-state index contributed by atoms with van der Waals surface area (Å²) in [4.78, 5) is 29.6. The summed E-state index contributed by atoms with van der Waals surface area (Å²) in [6, 6.07) is 14.5. The van der Waals surface area contributed by atoms with Crippen LogP contribution in [0.4, 0.5) is 11.5 Å². The molecule has 2 aromatic carbocycles. The number of para-hydroxylation sites is 1. The van der Waals surface area contributed by atoms with Gasteiger partial charge < -0.3 is 5.73 Å². The summed E-state index contributed by atoms with van der Waals surface area (Å²) in [7, 11) is -4.35. The number of nitrogen functional groups attached to an aromatic ring is 1. The summed E-state index contributed by atoms with van der Waals surface area (Å²) in [5, 5.41) is 3.35. The van der Waals surface area contributed by atoms with Gasteiger partial charge in [0, 0.05) is 10.6 Å². The Morgan fingerprint density at radius 3 is 2.38 bits per heavy atom. The van der Waals surface area contributed by atoms with Gasteiger partial charge in [-0.15, -0.1) is 0 Å². The van der Waals surface area contributed by atoms with E-state index in [1.165, 1.54) is 12.1 Å². The molecule has 0 aliphatic carbocycles. The van der Waals surface area contributed by atoms with Gasteiger partial charge in [-0.1, -0.05) is 53.5 Å². The van der Waals surface area contributed by atoms with Crippen molar-refractivity contribution in [3.8, 4) is 11.3 Å². The molecule has 4 rings (SSSR count). The fourth-order valence-electron chi connectivity index (χ4n) is 2.94. The molecule has 2 heterocycles. The molecule has 0 saturated carbocycles. The lowest BCUT2D eigenvalue weighted by Gasteiger charge is -2.10. The molecular formula is C19H14Cl2N6O4S. The molecule has 4 aromatic rings. The van der Waals surface area contributed by atoms with E-state index in [4.69, 9.17) is 28.9 Å². The van der Waals surface area contributed by atoms with Gasteiger partial charge in [-0.2, -0.15) is 12.9 Å². The number of carbonyl (C=O) groups excluding carboxylic acids is 1. The lowest BCUT2D eigenvalue weighted by molar-refractivity contribution is 0.0980. The second-order valence-corrected chi connectivity index (χ2v) is 8.78. The Hall–Kier alpha value is -3.54. The Morgan fingerprint density at radius 2 is 1.72 bits per heavy atom. The van der Waals surface area contributed by atoms with Crippen molar-refractivity contribution in [2.75, 3.05) is 10.5 Å². The predicted molar refractivity (Wildman–Crippen MR) is 122 cm³/mol. The van der Waals surface area contributed by atoms with Crippen molar-refractivity contribution in [2.24, 2.45) is 0 Å². The van der Waals surface area contributed by atoms with E-state index in [0.717, 1.165) is 4.52 Å². The predicted octanol–water partition coefficient (Wildman–Crippen LogP) is 2.67. The first-order valence-electron chi connectivity index (χ1n) is 8.92. The molecule has 0 fully saturated rings. The number of nitrogens with two attached hydrogens (primary N) is 1. The molecule has 0 unspecified atom stereocenters. The molecule has 13 heteroatoms. The van der Waals surface area contributed by atoms with Crippen molar-refractivity contribution in [1.82, 2.24) is 19.3 Å². The smallest absolute Gasteiger partial charge is 0.323 e. The zero-order valence-corrected chi connectivity index (χ0v) is 18.3. The number of fused-ring (bicyclic) bond motifs is 1. The van der Waals surface area contributed by atoms with Crippen LogP contribution in [0.1, 0.15) is 10.4 Å². The van der Waals surface area contributed by atoms with E-state index in [0.29, 0.717) is 16.3 Å². The molecule has 0 saturated heterocycles. The van der Waals surface area contributed by atoms with E-state index < -0.39 is 33.1 Å². The number of aromatic nitrogens is 3. The van der Waals surface area contributed by atoms with Crippen LogP contribution in [0.25, 0.3) is 16.9 Å². The van der Waals surface area contributed by atoms with Crippen molar-refractivity contribution in [3.05, 3.63) is 80.6 Å². The maximum absolute atomic E-state index is 12.9. The molecule has 32 heavy (non-hydrogen) atoms. The third-order valence-corrected chi connectivity index (χ3v) is 5.93. The zero-order chi connectivity index (χ0) is 23.0. The van der Waals surface area contributed by atoms with E-state index in [2.05, 4.69) is 14.8 Å². The molecular weight excluding hydrogens is 479 g/mol. The molecule has 0 atom stereocenters. The Bertz CT molecular complexity index is 1500. The Morgan fingerprint density at radius 1 is 1.06 bits per heavy atom. The van der Waals surface area contributed by atoms with E-state index >= 15 is 0 Å². The summed E-state index contributed by atoms with van der Waals surface area (Å²) in [6.45, 7) is 0. The highest BCUT2D eigenvalue weighted by Gasteiger charge is 2.25. The van der Waals surface area contributed by atoms with Crippen LogP contribution in [0.2, 0.25) is 10.0 Å². The maximum atomic E-state index is 12.9. The average molecular weight is 493 g/mol. The number of benzene rings is 2. The van der Waals surface area contributed by atoms with Gasteiger partial charge in [0.1, 0.15) is 16.4 Å². The van der Waals surface area contributed by atoms with Gasteiger partial charge in [-0.25, -0.2) is 9.71 Å². The van der Waals surface area contributed by atoms with Gasteiger partial charge in [0.05, 0.1) is 11.4 Å². The Balaban J connectivity index is 1.72. The molecule has 5 N–H and O–H groups in total. The molecule has 1 amide bonds. The minimum Gasteiger partial charge on any atom is -0.383 e. The van der Waals surface area contributed by atoms with E-state index in [1.807, 2.05) is 0 Å². The van der Waals surface area contributed by atoms with Crippen molar-refractivity contribution in [3.63, 3.8) is 0 Å². The monoisotopic (exact) mass is 492 g/mol. The van der Waals surface area contributed by atoms with Gasteiger partial charge in [-0.05, 0) is 24.3 Å². The van der Waals surface area contributed by atoms with Crippen LogP contribution >= 0.6 is 23.2 Å². The van der Waals surface area contributed by atoms with Crippen molar-refractivity contribution in [1.29, 1.82) is 0 Å². The summed E-state index contributed by atoms with van der Waals surface area (Å²) < 4.78 is 29.4. The van der Waals surface area contributed by atoms with Crippen LogP contribution in [-0.4, -0.2) is 28.9 Å². The van der Waals surface area contributed by atoms with E-state index in [9.17, 15) is 18.0 Å². The van der Waals surface area contributed by atoms with Crippen molar-refractivity contribution < 1.29 is 13.2 Å². The molecule has 0 aliphatic rings. The fourth-order valence-corrected chi connectivity index (χ4v) is 4.19. The molecule has 164 valence electrons. The molecule has 0 spiro atoms. The number of halogens is 2. The van der Waals surface area contributed by atoms with E-state index in [-0.39, 0.29) is 16.4 Å². The summed E-state index contributed by atoms with van der Waals surface area (Å²) in [5.41, 5.74) is 5.34. The SMILES string of the molecule is Nc1nc2c(Cl)c(-c3ccc(Cl)cc3)[nH]n2c(=O)c1C(=O)NS(=O)(=O)Nc1ccccc1. The average Bonchev–Trinajstić information content (AvgIpc) is 3.05. The van der Waals surface area contributed by atoms with Crippen LogP contribution in [0, 0.1) is 0 Å². The molecule has 2 aromatic heterocycles. The third-order valence-electron chi connectivity index (χ3n) is 4.36. The molecule has 0 radical (unpaired) electrons. The maximum Gasteiger partial charge on any atom is 0.323 e. The summed E-state index contributed by atoms with van der Waals surface area (Å²) >= 11 is 12.3. The molecule has 0 aliphatic heterocycles. The Kier molecular flexibility index (Phi) is 5.55. The fraction of sp³-hybridized carbons (Fsp3) is 0. The number of carbonyl (C=O) groups is 1. The highest BCUT2D eigenvalue weighted by atomic mass is 35.5. The number of hydrogen-bond donors (Lipinski definition) is 4. The number of hydrogen-bond acceptors (Lipinski definition) is 6. The second-order valence-electron chi connectivity index (χ2n) is 6.55. The van der Waals surface area contributed by atoms with Crippen LogP contribution < -0.4 is 20.7 Å². The quantitative estimate of drug-likeness (QED) is 0.336. The number of nitrogens with one attached hydrogen (secondary N) is 3. The number of nitrogens with zero attached hydrogens (tertiary/aromatic N) is 2. The van der Waals surface area contributed by atoms with Crippen molar-refractivity contribution >= 4 is 56.5 Å². The molecule has 10 nitrogen and oxygen atoms in total. The van der Waals surface area contributed by atoms with Crippen LogP contribution in [0.3, 0.4) is 0 Å². The van der Waals surface area contributed by atoms with Crippen LogP contribution in [0.15, 0.2) is 59.4 Å². The third kappa shape index (κ3) is 4.13. The largest absolute Gasteiger partial charge is 0.383 e. The standard InChI is InChI=1S/C19H14Cl2N6O4S/c20-11-8-6-10(7-9-11)15-14(21)17-23-16(22)13(19(29)27(17)24-15)18(28)26-32(30,31)25-12-4-2-1-3-5-12/h1-9,24-25H,22H2,(H,26,28). The zero-order valence-electron chi connectivity index (χ0n) is 16.0. The van der Waals surface area contributed by atoms with E-state index in [1.54, 1.807) is 47.2 Å². The minimum atomic E-state index is -4.35. The highest BCUT2D eigenvalue weighted by molar-refractivity contribution is 7.91. The number of amides is 1. The lowest BCUT2D eigenvalue weighted by Crippen LogP contribution is -2.39. The Labute approximate surface area is 191 Å². The summed E-state index contributed by atoms with van der Waals surface area (Å²) in [5.74, 6) is -1.73. The van der Waals surface area contributed by atoms with Gasteiger partial charge in [0.2, 0.25) is 0 Å². The molecule has 0 bridgehead atoms. The topological polar surface area (TPSA) is 151 Å². The lowest BCUT2D eigenvalue weighted by atomic mass is 10.1. The number of anilines is 2. The van der Waals surface area contributed by atoms with Crippen molar-refractivity contribution in [2.45, 2.75) is 0 Å². The first-order valence-corrected chi connectivity index (χ1v) is 11.2. The van der Waals surface area contributed by atoms with Crippen LogP contribution in [-0.2, 0) is 10.2 Å². The normalized spacial score (nSPS) is 11.4. The van der Waals surface area contributed by atoms with Crippen LogP contribution in [0.5, 0.6) is 0 Å². The second kappa shape index (κ2) is 8.19. The first kappa shape index (κ1) is 21.7. The number of H-pyrrole nitrogens is 1. The van der Waals surface area contributed by atoms with Gasteiger partial charge >= 0.3 is 10.2 Å². The number of rotatable bonds is 5. The number of aromatic amines is 1. The minimum absolute atomic E-state index is 0.0269. The van der Waals surface area contributed by atoms with Gasteiger partial charge in [0.15, 0.2) is 5.65 Å². The first-order chi connectivity index (χ1) is 15.2. The highest BCUT2D eigenvalue weighted by Crippen LogP contribution is 2.30. The summed E-state index contributed by atoms with van der Waals surface area (Å²) in [6.07, 6.45) is 0.